The van der Waals surface area contributed by atoms with Gasteiger partial charge >= 0.3 is 0 Å². The number of hydrogen-bond donors (Lipinski definition) is 1. The number of rotatable bonds is 1. The van der Waals surface area contributed by atoms with E-state index < -0.39 is 0 Å². The van der Waals surface area contributed by atoms with Crippen LogP contribution in [0.4, 0.5) is 0 Å². The maximum atomic E-state index is 7.29. The molecule has 0 aromatic heterocycles. The Bertz CT molecular complexity index is 110. The van der Waals surface area contributed by atoms with Crippen molar-refractivity contribution in [3.63, 3.8) is 0 Å². The van der Waals surface area contributed by atoms with Crippen molar-refractivity contribution < 1.29 is 4.74 Å². The van der Waals surface area contributed by atoms with Gasteiger partial charge in [0.25, 0.3) is 0 Å². The molecule has 1 N–H and O–H groups in total. The highest BCUT2D eigenvalue weighted by Crippen LogP contribution is 2.26. The normalized spacial score (nSPS) is 26.1. The molecule has 1 heterocycles. The molecule has 3 heteroatoms. The molecule has 1 fully saturated rings. The van der Waals surface area contributed by atoms with Crippen molar-refractivity contribution in [2.24, 2.45) is 0 Å². The van der Waals surface area contributed by atoms with Crippen LogP contribution in [0.2, 0.25) is 0 Å². The monoisotopic (exact) mass is 145 g/mol. The van der Waals surface area contributed by atoms with E-state index in [4.69, 9.17) is 10.1 Å². The zero-order chi connectivity index (χ0) is 6.69. The number of hydrogen-bond acceptors (Lipinski definition) is 3. The summed E-state index contributed by atoms with van der Waals surface area (Å²) < 4.78 is 4.80. The molecule has 1 aliphatic rings. The van der Waals surface area contributed by atoms with Crippen molar-refractivity contribution in [1.82, 2.24) is 0 Å². The van der Waals surface area contributed by atoms with Crippen molar-refractivity contribution in [3.05, 3.63) is 0 Å². The average Bonchev–Trinajstić information content (AvgIpc) is 2.37. The summed E-state index contributed by atoms with van der Waals surface area (Å²) in [6, 6.07) is 0. The lowest BCUT2D eigenvalue weighted by atomic mass is 10.2. The molecule has 0 bridgehead atoms. The highest BCUT2D eigenvalue weighted by molar-refractivity contribution is 8.00. The van der Waals surface area contributed by atoms with Gasteiger partial charge in [-0.25, -0.2) is 0 Å². The first-order valence-electron chi connectivity index (χ1n) is 3.08. The maximum Gasteiger partial charge on any atom is 0.193 e. The number of methoxy groups -OCH3 is 1. The largest absolute Gasteiger partial charge is 0.484 e. The Morgan fingerprint density at radius 1 is 1.78 bits per heavy atom. The van der Waals surface area contributed by atoms with Gasteiger partial charge in [0.15, 0.2) is 5.90 Å². The first-order valence-corrected chi connectivity index (χ1v) is 4.13. The van der Waals surface area contributed by atoms with Gasteiger partial charge in [-0.2, -0.15) is 0 Å². The average molecular weight is 145 g/mol. The molecule has 0 saturated carbocycles. The highest BCUT2D eigenvalue weighted by atomic mass is 32.2. The first-order chi connectivity index (χ1) is 4.34. The fourth-order valence-corrected chi connectivity index (χ4v) is 2.11. The van der Waals surface area contributed by atoms with E-state index in [-0.39, 0.29) is 0 Å². The first kappa shape index (κ1) is 6.93. The SMILES string of the molecule is COC(=N)C1CCCS1. The van der Waals surface area contributed by atoms with Crippen LogP contribution in [0.3, 0.4) is 0 Å². The minimum absolute atomic E-state index is 0.356. The molecule has 1 rings (SSSR count). The van der Waals surface area contributed by atoms with E-state index in [1.807, 2.05) is 11.8 Å². The van der Waals surface area contributed by atoms with Crippen LogP contribution in [0, 0.1) is 5.41 Å². The lowest BCUT2D eigenvalue weighted by Gasteiger charge is -2.06. The molecular weight excluding hydrogens is 134 g/mol. The maximum absolute atomic E-state index is 7.29. The molecule has 1 saturated heterocycles. The second kappa shape index (κ2) is 3.11. The van der Waals surface area contributed by atoms with Crippen molar-refractivity contribution in [2.45, 2.75) is 18.1 Å². The molecule has 0 aromatic rings. The van der Waals surface area contributed by atoms with Gasteiger partial charge < -0.3 is 4.74 Å². The van der Waals surface area contributed by atoms with E-state index in [1.54, 1.807) is 7.11 Å². The van der Waals surface area contributed by atoms with Crippen molar-refractivity contribution in [2.75, 3.05) is 12.9 Å². The number of thioether (sulfide) groups is 1. The Balaban J connectivity index is 2.32. The topological polar surface area (TPSA) is 33.1 Å². The van der Waals surface area contributed by atoms with Crippen LogP contribution in [0.1, 0.15) is 12.8 Å². The Hall–Kier alpha value is -0.180. The zero-order valence-corrected chi connectivity index (χ0v) is 6.33. The summed E-state index contributed by atoms with van der Waals surface area (Å²) in [5.74, 6) is 1.63. The van der Waals surface area contributed by atoms with Gasteiger partial charge in [0, 0.05) is 0 Å². The molecule has 1 atom stereocenters. The van der Waals surface area contributed by atoms with Gasteiger partial charge in [0.1, 0.15) is 0 Å². The smallest absolute Gasteiger partial charge is 0.193 e. The van der Waals surface area contributed by atoms with Crippen LogP contribution in [-0.2, 0) is 4.74 Å². The molecule has 0 radical (unpaired) electrons. The van der Waals surface area contributed by atoms with Gasteiger partial charge in [-0.15, -0.1) is 11.8 Å². The molecule has 0 aliphatic carbocycles. The molecule has 9 heavy (non-hydrogen) atoms. The van der Waals surface area contributed by atoms with E-state index in [9.17, 15) is 0 Å². The highest BCUT2D eigenvalue weighted by Gasteiger charge is 2.20. The van der Waals surface area contributed by atoms with Crippen LogP contribution < -0.4 is 0 Å². The summed E-state index contributed by atoms with van der Waals surface area (Å²) in [7, 11) is 1.57. The lowest BCUT2D eigenvalue weighted by Crippen LogP contribution is -2.13. The summed E-state index contributed by atoms with van der Waals surface area (Å²) in [6.45, 7) is 0. The van der Waals surface area contributed by atoms with Crippen LogP contribution >= 0.6 is 11.8 Å². The van der Waals surface area contributed by atoms with Crippen LogP contribution in [-0.4, -0.2) is 24.0 Å². The molecule has 0 spiro atoms. The quantitative estimate of drug-likeness (QED) is 0.448. The number of nitrogens with one attached hydrogen (secondary N) is 1. The van der Waals surface area contributed by atoms with Gasteiger partial charge in [0.05, 0.1) is 12.4 Å². The molecule has 1 unspecified atom stereocenters. The Labute approximate surface area is 59.5 Å². The Morgan fingerprint density at radius 3 is 3.00 bits per heavy atom. The Morgan fingerprint density at radius 2 is 2.56 bits per heavy atom. The van der Waals surface area contributed by atoms with Crippen LogP contribution in [0.15, 0.2) is 0 Å². The lowest BCUT2D eigenvalue weighted by molar-refractivity contribution is 0.387. The third-order valence-electron chi connectivity index (χ3n) is 1.44. The zero-order valence-electron chi connectivity index (χ0n) is 5.52. The second-order valence-electron chi connectivity index (χ2n) is 2.07. The van der Waals surface area contributed by atoms with Gasteiger partial charge in [-0.05, 0) is 18.6 Å². The second-order valence-corrected chi connectivity index (χ2v) is 3.38. The minimum Gasteiger partial charge on any atom is -0.484 e. The standard InChI is InChI=1S/C6H11NOS/c1-8-6(7)5-3-2-4-9-5/h5,7H,2-4H2,1H3. The van der Waals surface area contributed by atoms with E-state index >= 15 is 0 Å². The summed E-state index contributed by atoms with van der Waals surface area (Å²) in [5, 5.41) is 7.65. The van der Waals surface area contributed by atoms with Crippen LogP contribution in [0.5, 0.6) is 0 Å². The van der Waals surface area contributed by atoms with Crippen molar-refractivity contribution >= 4 is 17.7 Å². The van der Waals surface area contributed by atoms with Gasteiger partial charge in [0.2, 0.25) is 0 Å². The van der Waals surface area contributed by atoms with Crippen molar-refractivity contribution in [3.8, 4) is 0 Å². The number of ether oxygens (including phenoxy) is 1. The van der Waals surface area contributed by atoms with E-state index in [1.165, 1.54) is 12.2 Å². The fraction of sp³-hybridized carbons (Fsp3) is 0.833. The predicted molar refractivity (Wildman–Crippen MR) is 40.2 cm³/mol. The van der Waals surface area contributed by atoms with Gasteiger partial charge in [-0.1, -0.05) is 0 Å². The van der Waals surface area contributed by atoms with E-state index in [0.717, 1.165) is 6.42 Å². The third kappa shape index (κ3) is 1.61. The molecule has 1 aliphatic heterocycles. The molecule has 0 amide bonds. The molecule has 52 valence electrons. The third-order valence-corrected chi connectivity index (χ3v) is 2.82. The summed E-state index contributed by atoms with van der Waals surface area (Å²) in [6.07, 6.45) is 2.36. The predicted octanol–water partition coefficient (Wildman–Crippen LogP) is 1.51. The summed E-state index contributed by atoms with van der Waals surface area (Å²) in [5.41, 5.74) is 0. The van der Waals surface area contributed by atoms with E-state index in [0.29, 0.717) is 11.1 Å². The van der Waals surface area contributed by atoms with Gasteiger partial charge in [-0.3, -0.25) is 5.41 Å². The summed E-state index contributed by atoms with van der Waals surface area (Å²) in [4.78, 5) is 0. The minimum atomic E-state index is 0.356. The summed E-state index contributed by atoms with van der Waals surface area (Å²) >= 11 is 1.83. The van der Waals surface area contributed by atoms with Crippen molar-refractivity contribution in [1.29, 1.82) is 5.41 Å². The molecule has 0 aromatic carbocycles. The Kier molecular flexibility index (Phi) is 2.39. The molecule has 2 nitrogen and oxygen atoms in total. The fourth-order valence-electron chi connectivity index (χ4n) is 0.916. The van der Waals surface area contributed by atoms with Crippen LogP contribution in [0.25, 0.3) is 0 Å². The van der Waals surface area contributed by atoms with E-state index in [2.05, 4.69) is 0 Å². The molecular formula is C6H11NOS.